The average molecular weight is 347 g/mol. The fourth-order valence-electron chi connectivity index (χ4n) is 2.79. The maximum absolute atomic E-state index is 12.2. The molecule has 0 fully saturated rings. The number of furan rings is 1. The number of benzene rings is 1. The molecule has 1 N–H and O–H groups in total. The molecule has 5 nitrogen and oxygen atoms in total. The van der Waals surface area contributed by atoms with Gasteiger partial charge in [-0.05, 0) is 36.4 Å². The maximum atomic E-state index is 12.2. The minimum Gasteiger partial charge on any atom is -0.493 e. The first-order valence-corrected chi connectivity index (χ1v) is 9.25. The van der Waals surface area contributed by atoms with Gasteiger partial charge in [0.15, 0.2) is 17.3 Å². The van der Waals surface area contributed by atoms with Gasteiger partial charge in [-0.2, -0.15) is 11.8 Å². The summed E-state index contributed by atoms with van der Waals surface area (Å²) in [5.41, 5.74) is 1.11. The minimum atomic E-state index is -0.182. The van der Waals surface area contributed by atoms with Crippen LogP contribution in [0.25, 0.3) is 0 Å². The Morgan fingerprint density at radius 1 is 1.38 bits per heavy atom. The van der Waals surface area contributed by atoms with Gasteiger partial charge in [-0.25, -0.2) is 0 Å². The van der Waals surface area contributed by atoms with Crippen LogP contribution in [0.15, 0.2) is 34.7 Å². The van der Waals surface area contributed by atoms with E-state index in [9.17, 15) is 4.79 Å². The second-order valence-corrected chi connectivity index (χ2v) is 6.60. The van der Waals surface area contributed by atoms with Gasteiger partial charge in [-0.3, -0.25) is 4.79 Å². The quantitative estimate of drug-likeness (QED) is 0.870. The number of para-hydroxylation sites is 1. The molecular weight excluding hydrogens is 326 g/mol. The molecule has 0 spiro atoms. The third kappa shape index (κ3) is 3.70. The van der Waals surface area contributed by atoms with Gasteiger partial charge in [0.25, 0.3) is 5.91 Å². The Hall–Kier alpha value is -2.08. The summed E-state index contributed by atoms with van der Waals surface area (Å²) in [6, 6.07) is 9.45. The number of carbonyl (C=O) groups is 1. The summed E-state index contributed by atoms with van der Waals surface area (Å²) >= 11 is 1.66. The van der Waals surface area contributed by atoms with Gasteiger partial charge in [0.1, 0.15) is 5.76 Å². The zero-order valence-electron chi connectivity index (χ0n) is 13.8. The van der Waals surface area contributed by atoms with E-state index in [1.54, 1.807) is 24.9 Å². The number of fused-ring (bicyclic) bond motifs is 1. The molecule has 24 heavy (non-hydrogen) atoms. The predicted molar refractivity (Wildman–Crippen MR) is 93.9 cm³/mol. The fraction of sp³-hybridized carbons (Fsp3) is 0.389. The number of rotatable bonds is 6. The molecule has 128 valence electrons. The van der Waals surface area contributed by atoms with E-state index in [2.05, 4.69) is 5.32 Å². The lowest BCUT2D eigenvalue weighted by Crippen LogP contribution is -2.34. The van der Waals surface area contributed by atoms with Gasteiger partial charge in [-0.1, -0.05) is 12.1 Å². The summed E-state index contributed by atoms with van der Waals surface area (Å²) in [7, 11) is 1.64. The molecule has 0 aliphatic carbocycles. The van der Waals surface area contributed by atoms with Crippen molar-refractivity contribution in [2.45, 2.75) is 12.2 Å². The number of amides is 1. The number of carbonyl (C=O) groups excluding carboxylic acids is 1. The number of nitrogens with one attached hydrogen (secondary N) is 1. The van der Waals surface area contributed by atoms with Gasteiger partial charge in [0.2, 0.25) is 0 Å². The number of methoxy groups -OCH3 is 1. The highest BCUT2D eigenvalue weighted by atomic mass is 32.2. The van der Waals surface area contributed by atoms with Crippen LogP contribution in [0, 0.1) is 5.92 Å². The molecule has 1 aromatic heterocycles. The Labute approximate surface area is 145 Å². The first-order chi connectivity index (χ1) is 11.7. The fourth-order valence-corrected chi connectivity index (χ4v) is 3.23. The lowest BCUT2D eigenvalue weighted by atomic mass is 9.96. The molecule has 1 aliphatic heterocycles. The zero-order chi connectivity index (χ0) is 16.9. The van der Waals surface area contributed by atoms with Gasteiger partial charge in [-0.15, -0.1) is 0 Å². The van der Waals surface area contributed by atoms with Crippen LogP contribution in [0.3, 0.4) is 0 Å². The number of hydrogen-bond donors (Lipinski definition) is 1. The van der Waals surface area contributed by atoms with Crippen LogP contribution < -0.4 is 14.8 Å². The van der Waals surface area contributed by atoms with E-state index in [1.165, 1.54) is 0 Å². The van der Waals surface area contributed by atoms with E-state index in [-0.39, 0.29) is 11.8 Å². The molecule has 0 saturated heterocycles. The van der Waals surface area contributed by atoms with Crippen molar-refractivity contribution >= 4 is 17.7 Å². The first-order valence-electron chi connectivity index (χ1n) is 7.85. The number of hydrogen-bond acceptors (Lipinski definition) is 5. The summed E-state index contributed by atoms with van der Waals surface area (Å²) < 4.78 is 16.7. The van der Waals surface area contributed by atoms with Crippen molar-refractivity contribution in [2.75, 3.05) is 26.5 Å². The summed E-state index contributed by atoms with van der Waals surface area (Å²) in [5.74, 6) is 3.56. The van der Waals surface area contributed by atoms with E-state index in [0.717, 1.165) is 35.0 Å². The molecule has 0 saturated carbocycles. The Kier molecular flexibility index (Phi) is 5.35. The number of thioether (sulfide) groups is 1. The highest BCUT2D eigenvalue weighted by molar-refractivity contribution is 7.97. The van der Waals surface area contributed by atoms with Crippen molar-refractivity contribution < 1.29 is 18.7 Å². The minimum absolute atomic E-state index is 0.182. The topological polar surface area (TPSA) is 60.7 Å². The Morgan fingerprint density at radius 3 is 3.04 bits per heavy atom. The van der Waals surface area contributed by atoms with Gasteiger partial charge in [0.05, 0.1) is 19.5 Å². The Bertz CT molecular complexity index is 713. The molecular formula is C18H21NO4S. The average Bonchev–Trinajstić information content (AvgIpc) is 3.08. The molecule has 3 rings (SSSR count). The van der Waals surface area contributed by atoms with Crippen molar-refractivity contribution in [1.82, 2.24) is 5.32 Å². The molecule has 2 aromatic rings. The van der Waals surface area contributed by atoms with E-state index in [0.29, 0.717) is 18.9 Å². The van der Waals surface area contributed by atoms with Gasteiger partial charge >= 0.3 is 0 Å². The van der Waals surface area contributed by atoms with Crippen LogP contribution >= 0.6 is 11.8 Å². The standard InChI is InChI=1S/C18H21NO4S/c1-21-15-5-3-4-13-8-12(10-22-17(13)15)9-19-18(20)16-7-6-14(23-16)11-24-2/h3-7,12H,8-11H2,1-2H3,(H,19,20)/t12-/m0/s1. The molecule has 2 heterocycles. The highest BCUT2D eigenvalue weighted by Gasteiger charge is 2.23. The number of ether oxygens (including phenoxy) is 2. The predicted octanol–water partition coefficient (Wildman–Crippen LogP) is 3.13. The van der Waals surface area contributed by atoms with Crippen molar-refractivity contribution in [1.29, 1.82) is 0 Å². The molecule has 0 unspecified atom stereocenters. The molecule has 1 amide bonds. The molecule has 1 aliphatic rings. The van der Waals surface area contributed by atoms with Crippen molar-refractivity contribution in [3.05, 3.63) is 47.4 Å². The van der Waals surface area contributed by atoms with Crippen LogP contribution in [0.2, 0.25) is 0 Å². The van der Waals surface area contributed by atoms with Crippen LogP contribution in [-0.4, -0.2) is 32.4 Å². The largest absolute Gasteiger partial charge is 0.493 e. The Balaban J connectivity index is 1.56. The van der Waals surface area contributed by atoms with Crippen LogP contribution in [0.4, 0.5) is 0 Å². The second-order valence-electron chi connectivity index (χ2n) is 5.74. The maximum Gasteiger partial charge on any atom is 0.287 e. The smallest absolute Gasteiger partial charge is 0.287 e. The van der Waals surface area contributed by atoms with Crippen LogP contribution in [-0.2, 0) is 12.2 Å². The monoisotopic (exact) mass is 347 g/mol. The normalized spacial score (nSPS) is 16.2. The Morgan fingerprint density at radius 2 is 2.25 bits per heavy atom. The third-order valence-corrected chi connectivity index (χ3v) is 4.55. The van der Waals surface area contributed by atoms with Crippen molar-refractivity contribution in [3.8, 4) is 11.5 Å². The SMILES string of the molecule is COc1cccc2c1OC[C@H](CNC(=O)c1ccc(CSC)o1)C2. The zero-order valence-corrected chi connectivity index (χ0v) is 14.7. The van der Waals surface area contributed by atoms with Gasteiger partial charge in [0, 0.05) is 12.5 Å². The lowest BCUT2D eigenvalue weighted by molar-refractivity contribution is 0.0909. The molecule has 0 bridgehead atoms. The highest BCUT2D eigenvalue weighted by Crippen LogP contribution is 2.35. The molecule has 1 atom stereocenters. The van der Waals surface area contributed by atoms with Gasteiger partial charge < -0.3 is 19.2 Å². The van der Waals surface area contributed by atoms with Crippen molar-refractivity contribution in [3.63, 3.8) is 0 Å². The lowest BCUT2D eigenvalue weighted by Gasteiger charge is -2.26. The summed E-state index contributed by atoms with van der Waals surface area (Å²) in [4.78, 5) is 12.2. The van der Waals surface area contributed by atoms with E-state index in [4.69, 9.17) is 13.9 Å². The van der Waals surface area contributed by atoms with E-state index >= 15 is 0 Å². The van der Waals surface area contributed by atoms with E-state index in [1.807, 2.05) is 30.5 Å². The molecule has 0 radical (unpaired) electrons. The molecule has 1 aromatic carbocycles. The van der Waals surface area contributed by atoms with Crippen molar-refractivity contribution in [2.24, 2.45) is 5.92 Å². The summed E-state index contributed by atoms with van der Waals surface area (Å²) in [6.45, 7) is 1.11. The second kappa shape index (κ2) is 7.66. The summed E-state index contributed by atoms with van der Waals surface area (Å²) in [5, 5.41) is 2.93. The van der Waals surface area contributed by atoms with Crippen LogP contribution in [0.5, 0.6) is 11.5 Å². The van der Waals surface area contributed by atoms with Crippen LogP contribution in [0.1, 0.15) is 21.9 Å². The van der Waals surface area contributed by atoms with E-state index < -0.39 is 0 Å². The third-order valence-electron chi connectivity index (χ3n) is 3.98. The first kappa shape index (κ1) is 16.8. The molecule has 6 heteroatoms. The summed E-state index contributed by atoms with van der Waals surface area (Å²) in [6.07, 6.45) is 2.85.